The van der Waals surface area contributed by atoms with Crippen LogP contribution in [0.3, 0.4) is 0 Å². The number of likely N-dealkylation sites (tertiary alicyclic amines) is 1. The number of halogens is 2. The van der Waals surface area contributed by atoms with Crippen molar-refractivity contribution >= 4 is 5.69 Å². The van der Waals surface area contributed by atoms with Gasteiger partial charge in [0.05, 0.1) is 0 Å². The van der Waals surface area contributed by atoms with Crippen LogP contribution in [0.4, 0.5) is 14.5 Å². The fraction of sp³-hybridized carbons (Fsp3) is 0.571. The summed E-state index contributed by atoms with van der Waals surface area (Å²) >= 11 is 0. The zero-order chi connectivity index (χ0) is 13.3. The molecule has 1 aliphatic heterocycles. The van der Waals surface area contributed by atoms with Crippen LogP contribution in [-0.2, 0) is 0 Å². The Balaban J connectivity index is 2.13. The van der Waals surface area contributed by atoms with Gasteiger partial charge in [-0.3, -0.25) is 0 Å². The zero-order valence-corrected chi connectivity index (χ0v) is 11.1. The molecule has 0 aliphatic carbocycles. The fourth-order valence-corrected chi connectivity index (χ4v) is 2.41. The van der Waals surface area contributed by atoms with E-state index in [1.807, 2.05) is 0 Å². The maximum Gasteiger partial charge on any atom is 0.152 e. The molecule has 100 valence electrons. The van der Waals surface area contributed by atoms with Crippen LogP contribution in [0.1, 0.15) is 25.3 Å². The van der Waals surface area contributed by atoms with Crippen molar-refractivity contribution < 1.29 is 8.78 Å². The number of piperidine rings is 1. The normalized spacial score (nSPS) is 25.2. The number of hydrogen-bond acceptors (Lipinski definition) is 2. The lowest BCUT2D eigenvalue weighted by atomic mass is 9.98. The van der Waals surface area contributed by atoms with Crippen LogP contribution < -0.4 is 5.32 Å². The number of benzene rings is 1. The minimum atomic E-state index is -0.510. The van der Waals surface area contributed by atoms with Crippen molar-refractivity contribution in [3.8, 4) is 0 Å². The highest BCUT2D eigenvalue weighted by atomic mass is 19.1. The Morgan fingerprint density at radius 2 is 2.06 bits per heavy atom. The van der Waals surface area contributed by atoms with Crippen molar-refractivity contribution in [2.24, 2.45) is 0 Å². The van der Waals surface area contributed by atoms with E-state index >= 15 is 0 Å². The van der Waals surface area contributed by atoms with Crippen molar-refractivity contribution in [3.63, 3.8) is 0 Å². The number of rotatable bonds is 2. The minimum absolute atomic E-state index is 0.0248. The third kappa shape index (κ3) is 2.64. The van der Waals surface area contributed by atoms with E-state index in [0.717, 1.165) is 19.4 Å². The molecular weight excluding hydrogens is 234 g/mol. The van der Waals surface area contributed by atoms with Gasteiger partial charge in [-0.2, -0.15) is 0 Å². The first-order valence-electron chi connectivity index (χ1n) is 6.40. The van der Waals surface area contributed by atoms with Crippen molar-refractivity contribution in [2.75, 3.05) is 18.9 Å². The highest BCUT2D eigenvalue weighted by Gasteiger charge is 2.24. The molecule has 1 aromatic rings. The van der Waals surface area contributed by atoms with E-state index in [2.05, 4.69) is 24.2 Å². The first-order valence-corrected chi connectivity index (χ1v) is 6.40. The minimum Gasteiger partial charge on any atom is -0.377 e. The first-order chi connectivity index (χ1) is 8.49. The summed E-state index contributed by atoms with van der Waals surface area (Å²) in [5.41, 5.74) is 0.497. The van der Waals surface area contributed by atoms with Crippen molar-refractivity contribution in [2.45, 2.75) is 38.8 Å². The third-order valence-electron chi connectivity index (χ3n) is 3.84. The van der Waals surface area contributed by atoms with Gasteiger partial charge in [0.1, 0.15) is 11.5 Å². The van der Waals surface area contributed by atoms with E-state index in [9.17, 15) is 8.78 Å². The van der Waals surface area contributed by atoms with Gasteiger partial charge in [-0.15, -0.1) is 0 Å². The molecule has 1 aromatic carbocycles. The van der Waals surface area contributed by atoms with E-state index in [0.29, 0.717) is 11.6 Å². The molecule has 4 heteroatoms. The van der Waals surface area contributed by atoms with Crippen LogP contribution in [0.2, 0.25) is 0 Å². The van der Waals surface area contributed by atoms with Gasteiger partial charge >= 0.3 is 0 Å². The second-order valence-electron chi connectivity index (χ2n) is 5.25. The maximum atomic E-state index is 13.9. The Bertz CT molecular complexity index is 434. The quantitative estimate of drug-likeness (QED) is 0.872. The largest absolute Gasteiger partial charge is 0.377 e. The molecule has 1 saturated heterocycles. The van der Waals surface area contributed by atoms with Crippen LogP contribution >= 0.6 is 0 Å². The smallest absolute Gasteiger partial charge is 0.152 e. The molecule has 0 spiro atoms. The highest BCUT2D eigenvalue weighted by molar-refractivity contribution is 5.49. The monoisotopic (exact) mass is 254 g/mol. The molecule has 2 rings (SSSR count). The zero-order valence-electron chi connectivity index (χ0n) is 11.1. The van der Waals surface area contributed by atoms with E-state index in [1.54, 1.807) is 6.92 Å². The Morgan fingerprint density at radius 1 is 1.33 bits per heavy atom. The van der Waals surface area contributed by atoms with Crippen LogP contribution in [0.15, 0.2) is 12.1 Å². The number of anilines is 1. The molecular formula is C14H20F2N2. The second kappa shape index (κ2) is 5.22. The molecule has 0 aromatic heterocycles. The Morgan fingerprint density at radius 3 is 2.72 bits per heavy atom. The summed E-state index contributed by atoms with van der Waals surface area (Å²) in [5, 5.41) is 3.03. The second-order valence-corrected chi connectivity index (χ2v) is 5.25. The van der Waals surface area contributed by atoms with E-state index < -0.39 is 11.6 Å². The standard InChI is InChI=1S/C14H20F2N2/c1-9-4-5-12(15)14(13(9)16)17-11-6-7-18(3)10(2)8-11/h4-5,10-11,17H,6-8H2,1-3H3. The predicted octanol–water partition coefficient (Wildman–Crippen LogP) is 3.17. The van der Waals surface area contributed by atoms with Gasteiger partial charge in [-0.05, 0) is 45.4 Å². The van der Waals surface area contributed by atoms with Gasteiger partial charge < -0.3 is 10.2 Å². The molecule has 1 fully saturated rings. The van der Waals surface area contributed by atoms with Crippen LogP contribution in [-0.4, -0.2) is 30.6 Å². The van der Waals surface area contributed by atoms with Gasteiger partial charge in [0.2, 0.25) is 0 Å². The Hall–Kier alpha value is -1.16. The lowest BCUT2D eigenvalue weighted by molar-refractivity contribution is 0.189. The molecule has 0 bridgehead atoms. The number of nitrogens with zero attached hydrogens (tertiary/aromatic N) is 1. The van der Waals surface area contributed by atoms with E-state index in [4.69, 9.17) is 0 Å². The molecule has 1 heterocycles. The summed E-state index contributed by atoms with van der Waals surface area (Å²) in [7, 11) is 2.08. The molecule has 1 N–H and O–H groups in total. The highest BCUT2D eigenvalue weighted by Crippen LogP contribution is 2.25. The fourth-order valence-electron chi connectivity index (χ4n) is 2.41. The van der Waals surface area contributed by atoms with Gasteiger partial charge in [0, 0.05) is 18.6 Å². The predicted molar refractivity (Wildman–Crippen MR) is 69.8 cm³/mol. The molecule has 2 atom stereocenters. The van der Waals surface area contributed by atoms with Gasteiger partial charge in [0.25, 0.3) is 0 Å². The Labute approximate surface area is 107 Å². The summed E-state index contributed by atoms with van der Waals surface area (Å²) in [5.74, 6) is -0.980. The van der Waals surface area contributed by atoms with Crippen molar-refractivity contribution in [1.82, 2.24) is 4.90 Å². The van der Waals surface area contributed by atoms with Gasteiger partial charge in [0.15, 0.2) is 5.82 Å². The molecule has 2 unspecified atom stereocenters. The number of aryl methyl sites for hydroxylation is 1. The summed E-state index contributed by atoms with van der Waals surface area (Å²) in [4.78, 5) is 2.27. The molecule has 2 nitrogen and oxygen atoms in total. The van der Waals surface area contributed by atoms with Gasteiger partial charge in [-0.25, -0.2) is 8.78 Å². The van der Waals surface area contributed by atoms with Crippen molar-refractivity contribution in [3.05, 3.63) is 29.3 Å². The lowest BCUT2D eigenvalue weighted by Gasteiger charge is -2.35. The van der Waals surface area contributed by atoms with Crippen LogP contribution in [0, 0.1) is 18.6 Å². The SMILES string of the molecule is Cc1ccc(F)c(NC2CCN(C)C(C)C2)c1F. The maximum absolute atomic E-state index is 13.9. The first kappa shape index (κ1) is 13.3. The van der Waals surface area contributed by atoms with Crippen molar-refractivity contribution in [1.29, 1.82) is 0 Å². The van der Waals surface area contributed by atoms with Crippen LogP contribution in [0.25, 0.3) is 0 Å². The average molecular weight is 254 g/mol. The third-order valence-corrected chi connectivity index (χ3v) is 3.84. The summed E-state index contributed by atoms with van der Waals surface area (Å²) in [6, 6.07) is 3.36. The molecule has 18 heavy (non-hydrogen) atoms. The molecule has 1 aliphatic rings. The lowest BCUT2D eigenvalue weighted by Crippen LogP contribution is -2.42. The van der Waals surface area contributed by atoms with E-state index in [1.165, 1.54) is 12.1 Å². The molecule has 0 amide bonds. The van der Waals surface area contributed by atoms with Gasteiger partial charge in [-0.1, -0.05) is 6.07 Å². The van der Waals surface area contributed by atoms with E-state index in [-0.39, 0.29) is 11.7 Å². The summed E-state index contributed by atoms with van der Waals surface area (Å²) in [6.07, 6.45) is 1.82. The topological polar surface area (TPSA) is 15.3 Å². The van der Waals surface area contributed by atoms with Crippen LogP contribution in [0.5, 0.6) is 0 Å². The Kier molecular flexibility index (Phi) is 3.85. The number of nitrogens with one attached hydrogen (secondary N) is 1. The molecule has 0 radical (unpaired) electrons. The average Bonchev–Trinajstić information content (AvgIpc) is 2.34. The number of hydrogen-bond donors (Lipinski definition) is 1. The summed E-state index contributed by atoms with van der Waals surface area (Å²) < 4.78 is 27.5. The summed E-state index contributed by atoms with van der Waals surface area (Å²) in [6.45, 7) is 4.74. The molecule has 0 saturated carbocycles.